The van der Waals surface area contributed by atoms with E-state index in [9.17, 15) is 4.79 Å². The number of aryl methyl sites for hydroxylation is 1. The zero-order chi connectivity index (χ0) is 22.9. The molecule has 0 spiro atoms. The van der Waals surface area contributed by atoms with Crippen LogP contribution in [0.4, 0.5) is 11.4 Å². The van der Waals surface area contributed by atoms with Gasteiger partial charge in [0, 0.05) is 21.7 Å². The van der Waals surface area contributed by atoms with E-state index in [0.29, 0.717) is 21.3 Å². The van der Waals surface area contributed by atoms with Gasteiger partial charge in [0.2, 0.25) is 0 Å². The van der Waals surface area contributed by atoms with Crippen molar-refractivity contribution in [2.24, 2.45) is 0 Å². The van der Waals surface area contributed by atoms with Crippen LogP contribution < -0.4 is 11.1 Å². The molecule has 0 atom stereocenters. The number of anilines is 2. The minimum absolute atomic E-state index is 0.277. The Morgan fingerprint density at radius 2 is 1.61 bits per heavy atom. The van der Waals surface area contributed by atoms with Crippen LogP contribution in [0.15, 0.2) is 84.9 Å². The smallest absolute Gasteiger partial charge is 0.267 e. The average molecular weight is 470 g/mol. The number of hydrogen-bond acceptors (Lipinski definition) is 4. The number of thiophene rings is 1. The molecular weight excluding hydrogens is 450 g/mol. The number of halogens is 1. The molecule has 2 aromatic heterocycles. The largest absolute Gasteiger partial charge is 0.397 e. The zero-order valence-electron chi connectivity index (χ0n) is 17.8. The fourth-order valence-corrected chi connectivity index (χ4v) is 4.99. The van der Waals surface area contributed by atoms with Crippen molar-refractivity contribution < 1.29 is 4.79 Å². The highest BCUT2D eigenvalue weighted by atomic mass is 35.5. The van der Waals surface area contributed by atoms with Gasteiger partial charge in [-0.05, 0) is 41.8 Å². The van der Waals surface area contributed by atoms with E-state index in [1.54, 1.807) is 12.1 Å². The maximum atomic E-state index is 13.2. The standard InChI is InChI=1S/C27H20ClN3OS/c1-16-12-13-19(28)14-21(16)30-26(32)25-24(29)23-20(17-8-4-2-5-9-17)15-22(31-27(23)33-25)18-10-6-3-7-11-18/h2-15H,29H2,1H3,(H,30,32). The molecule has 0 aliphatic heterocycles. The van der Waals surface area contributed by atoms with Crippen molar-refractivity contribution in [3.05, 3.63) is 100 Å². The maximum Gasteiger partial charge on any atom is 0.267 e. The normalized spacial score (nSPS) is 11.0. The Morgan fingerprint density at radius 1 is 0.939 bits per heavy atom. The third kappa shape index (κ3) is 4.09. The molecule has 0 bridgehead atoms. The lowest BCUT2D eigenvalue weighted by molar-refractivity contribution is 0.103. The Balaban J connectivity index is 1.67. The minimum Gasteiger partial charge on any atom is -0.397 e. The molecule has 0 unspecified atom stereocenters. The van der Waals surface area contributed by atoms with Gasteiger partial charge in [0.25, 0.3) is 5.91 Å². The second kappa shape index (κ2) is 8.70. The van der Waals surface area contributed by atoms with Gasteiger partial charge < -0.3 is 11.1 Å². The van der Waals surface area contributed by atoms with Crippen LogP contribution in [-0.4, -0.2) is 10.9 Å². The summed E-state index contributed by atoms with van der Waals surface area (Å²) >= 11 is 7.42. The van der Waals surface area contributed by atoms with Crippen molar-refractivity contribution in [2.75, 3.05) is 11.1 Å². The van der Waals surface area contributed by atoms with E-state index in [1.165, 1.54) is 11.3 Å². The minimum atomic E-state index is -0.277. The van der Waals surface area contributed by atoms with Gasteiger partial charge in [0.05, 0.1) is 11.4 Å². The molecule has 162 valence electrons. The number of fused-ring (bicyclic) bond motifs is 1. The first-order valence-corrected chi connectivity index (χ1v) is 11.6. The second-order valence-corrected chi connectivity index (χ2v) is 9.16. The molecule has 1 amide bonds. The number of pyridine rings is 1. The van der Waals surface area contributed by atoms with Crippen LogP contribution in [0.3, 0.4) is 0 Å². The number of benzene rings is 3. The predicted octanol–water partition coefficient (Wildman–Crippen LogP) is 7.43. The number of amides is 1. The SMILES string of the molecule is Cc1ccc(Cl)cc1NC(=O)c1sc2nc(-c3ccccc3)cc(-c3ccccc3)c2c1N. The fraction of sp³-hybridized carbons (Fsp3) is 0.0370. The number of nitrogens with one attached hydrogen (secondary N) is 1. The lowest BCUT2D eigenvalue weighted by Crippen LogP contribution is -2.12. The molecule has 0 aliphatic rings. The summed E-state index contributed by atoms with van der Waals surface area (Å²) in [6, 6.07) is 27.5. The third-order valence-corrected chi connectivity index (χ3v) is 6.84. The van der Waals surface area contributed by atoms with Gasteiger partial charge in [-0.3, -0.25) is 4.79 Å². The molecule has 0 fully saturated rings. The molecule has 4 nitrogen and oxygen atoms in total. The highest BCUT2D eigenvalue weighted by Gasteiger charge is 2.22. The van der Waals surface area contributed by atoms with Crippen LogP contribution in [0, 0.1) is 6.92 Å². The molecule has 6 heteroatoms. The molecule has 0 saturated heterocycles. The summed E-state index contributed by atoms with van der Waals surface area (Å²) in [6.07, 6.45) is 0. The first-order valence-electron chi connectivity index (χ1n) is 10.4. The Morgan fingerprint density at radius 3 is 2.30 bits per heavy atom. The second-order valence-electron chi connectivity index (χ2n) is 7.73. The number of nitrogen functional groups attached to an aromatic ring is 1. The van der Waals surface area contributed by atoms with E-state index in [1.807, 2.05) is 79.7 Å². The molecule has 33 heavy (non-hydrogen) atoms. The Bertz CT molecular complexity index is 1480. The number of nitrogens with two attached hydrogens (primary N) is 1. The van der Waals surface area contributed by atoms with E-state index >= 15 is 0 Å². The number of carbonyl (C=O) groups is 1. The third-order valence-electron chi connectivity index (χ3n) is 5.51. The Hall–Kier alpha value is -3.67. The summed E-state index contributed by atoms with van der Waals surface area (Å²) in [4.78, 5) is 19.2. The van der Waals surface area contributed by atoms with Gasteiger partial charge in [0.1, 0.15) is 9.71 Å². The van der Waals surface area contributed by atoms with Gasteiger partial charge in [0.15, 0.2) is 0 Å². The van der Waals surface area contributed by atoms with Crippen LogP contribution in [0.5, 0.6) is 0 Å². The number of aromatic nitrogens is 1. The van der Waals surface area contributed by atoms with E-state index in [0.717, 1.165) is 38.2 Å². The summed E-state index contributed by atoms with van der Waals surface area (Å²) in [7, 11) is 0. The highest BCUT2D eigenvalue weighted by molar-refractivity contribution is 7.21. The molecule has 5 rings (SSSR count). The Labute approximate surface area is 200 Å². The molecule has 0 saturated carbocycles. The quantitative estimate of drug-likeness (QED) is 0.287. The zero-order valence-corrected chi connectivity index (χ0v) is 19.4. The number of nitrogens with zero attached hydrogens (tertiary/aromatic N) is 1. The van der Waals surface area contributed by atoms with Gasteiger partial charge in [-0.25, -0.2) is 4.98 Å². The molecule has 5 aromatic rings. The molecule has 2 heterocycles. The summed E-state index contributed by atoms with van der Waals surface area (Å²) in [5.41, 5.74) is 12.4. The summed E-state index contributed by atoms with van der Waals surface area (Å²) < 4.78 is 0. The fourth-order valence-electron chi connectivity index (χ4n) is 3.80. The first kappa shape index (κ1) is 21.2. The van der Waals surface area contributed by atoms with Crippen LogP contribution >= 0.6 is 22.9 Å². The van der Waals surface area contributed by atoms with Crippen LogP contribution in [-0.2, 0) is 0 Å². The first-order chi connectivity index (χ1) is 16.0. The van der Waals surface area contributed by atoms with Crippen LogP contribution in [0.25, 0.3) is 32.6 Å². The van der Waals surface area contributed by atoms with Crippen molar-refractivity contribution in [3.63, 3.8) is 0 Å². The summed E-state index contributed by atoms with van der Waals surface area (Å²) in [6.45, 7) is 1.92. The van der Waals surface area contributed by atoms with Crippen molar-refractivity contribution in [1.82, 2.24) is 4.98 Å². The predicted molar refractivity (Wildman–Crippen MR) is 139 cm³/mol. The van der Waals surface area contributed by atoms with Gasteiger partial charge in [-0.1, -0.05) is 78.3 Å². The van der Waals surface area contributed by atoms with Gasteiger partial charge in [-0.2, -0.15) is 0 Å². The average Bonchev–Trinajstić information content (AvgIpc) is 3.18. The summed E-state index contributed by atoms with van der Waals surface area (Å²) in [5, 5.41) is 4.30. The number of rotatable bonds is 4. The lowest BCUT2D eigenvalue weighted by Gasteiger charge is -2.09. The van der Waals surface area contributed by atoms with Crippen LogP contribution in [0.2, 0.25) is 5.02 Å². The molecule has 0 aliphatic carbocycles. The van der Waals surface area contributed by atoms with Crippen LogP contribution in [0.1, 0.15) is 15.2 Å². The lowest BCUT2D eigenvalue weighted by atomic mass is 9.99. The number of hydrogen-bond donors (Lipinski definition) is 2. The monoisotopic (exact) mass is 469 g/mol. The summed E-state index contributed by atoms with van der Waals surface area (Å²) in [5.74, 6) is -0.277. The van der Waals surface area contributed by atoms with Crippen molar-refractivity contribution in [3.8, 4) is 22.4 Å². The molecule has 3 aromatic carbocycles. The van der Waals surface area contributed by atoms with E-state index in [2.05, 4.69) is 5.32 Å². The van der Waals surface area contributed by atoms with Crippen molar-refractivity contribution in [1.29, 1.82) is 0 Å². The van der Waals surface area contributed by atoms with E-state index in [4.69, 9.17) is 22.3 Å². The highest BCUT2D eigenvalue weighted by Crippen LogP contribution is 2.41. The Kier molecular flexibility index (Phi) is 5.58. The molecular formula is C27H20ClN3OS. The van der Waals surface area contributed by atoms with Crippen molar-refractivity contribution >= 4 is 50.4 Å². The maximum absolute atomic E-state index is 13.2. The van der Waals surface area contributed by atoms with E-state index in [-0.39, 0.29) is 5.91 Å². The molecule has 3 N–H and O–H groups in total. The molecule has 0 radical (unpaired) electrons. The van der Waals surface area contributed by atoms with Gasteiger partial charge in [-0.15, -0.1) is 11.3 Å². The topological polar surface area (TPSA) is 68.0 Å². The van der Waals surface area contributed by atoms with Gasteiger partial charge >= 0.3 is 0 Å². The number of carbonyl (C=O) groups excluding carboxylic acids is 1. The van der Waals surface area contributed by atoms with Crippen molar-refractivity contribution in [2.45, 2.75) is 6.92 Å². The van der Waals surface area contributed by atoms with E-state index < -0.39 is 0 Å².